The molecular formula is C14H16N4O3. The van der Waals surface area contributed by atoms with E-state index in [1.54, 1.807) is 18.3 Å². The molecule has 0 spiro atoms. The lowest BCUT2D eigenvalue weighted by molar-refractivity contribution is -0.384. The van der Waals surface area contributed by atoms with Crippen LogP contribution in [0.25, 0.3) is 0 Å². The molecule has 0 saturated heterocycles. The average molecular weight is 288 g/mol. The second kappa shape index (κ2) is 7.18. The van der Waals surface area contributed by atoms with Crippen molar-refractivity contribution in [3.05, 3.63) is 52.3 Å². The summed E-state index contributed by atoms with van der Waals surface area (Å²) < 4.78 is 5.47. The van der Waals surface area contributed by atoms with Gasteiger partial charge in [0.1, 0.15) is 5.75 Å². The maximum Gasteiger partial charge on any atom is 0.275 e. The van der Waals surface area contributed by atoms with Gasteiger partial charge in [0.25, 0.3) is 5.69 Å². The summed E-state index contributed by atoms with van der Waals surface area (Å²) >= 11 is 0. The minimum absolute atomic E-state index is 0.00903. The number of non-ortho nitro benzene ring substituents is 1. The van der Waals surface area contributed by atoms with E-state index in [4.69, 9.17) is 4.74 Å². The van der Waals surface area contributed by atoms with Crippen molar-refractivity contribution in [1.82, 2.24) is 10.2 Å². The highest BCUT2D eigenvalue weighted by molar-refractivity contribution is 5.56. The molecule has 21 heavy (non-hydrogen) atoms. The predicted octanol–water partition coefficient (Wildman–Crippen LogP) is 2.79. The zero-order valence-electron chi connectivity index (χ0n) is 11.7. The number of nitrogens with one attached hydrogen (secondary N) is 1. The number of rotatable bonds is 7. The third-order valence-electron chi connectivity index (χ3n) is 2.68. The van der Waals surface area contributed by atoms with Crippen molar-refractivity contribution in [2.75, 3.05) is 11.9 Å². The molecule has 1 N–H and O–H groups in total. The van der Waals surface area contributed by atoms with Gasteiger partial charge in [0.05, 0.1) is 29.8 Å². The first-order chi connectivity index (χ1) is 10.2. The molecule has 0 unspecified atom stereocenters. The zero-order chi connectivity index (χ0) is 15.1. The van der Waals surface area contributed by atoms with E-state index in [9.17, 15) is 10.1 Å². The first kappa shape index (κ1) is 14.7. The second-order valence-electron chi connectivity index (χ2n) is 4.39. The van der Waals surface area contributed by atoms with Crippen molar-refractivity contribution in [2.24, 2.45) is 0 Å². The van der Waals surface area contributed by atoms with Gasteiger partial charge in [-0.25, -0.2) is 0 Å². The summed E-state index contributed by atoms with van der Waals surface area (Å²) in [5.41, 5.74) is 1.35. The number of nitrogens with zero attached hydrogens (tertiary/aromatic N) is 3. The maximum atomic E-state index is 11.0. The Balaban J connectivity index is 2.13. The standard InChI is InChI=1S/C14H16N4O3/c1-2-6-21-14-8-12(7-13(9-14)18(19)20)15-10-11-4-3-5-16-17-11/h3-5,7-9,15H,2,6,10H2,1H3. The molecule has 0 fully saturated rings. The van der Waals surface area contributed by atoms with Crippen LogP contribution in [0.15, 0.2) is 36.5 Å². The number of aromatic nitrogens is 2. The van der Waals surface area contributed by atoms with Crippen LogP contribution >= 0.6 is 0 Å². The second-order valence-corrected chi connectivity index (χ2v) is 4.39. The van der Waals surface area contributed by atoms with Crippen LogP contribution in [0.2, 0.25) is 0 Å². The molecule has 2 aromatic rings. The minimum atomic E-state index is -0.438. The summed E-state index contributed by atoms with van der Waals surface area (Å²) in [5, 5.41) is 21.8. The molecule has 0 radical (unpaired) electrons. The van der Waals surface area contributed by atoms with Crippen molar-refractivity contribution in [1.29, 1.82) is 0 Å². The smallest absolute Gasteiger partial charge is 0.275 e. The molecule has 0 aliphatic carbocycles. The van der Waals surface area contributed by atoms with Crippen LogP contribution in [0.4, 0.5) is 11.4 Å². The number of nitro groups is 1. The monoisotopic (exact) mass is 288 g/mol. The van der Waals surface area contributed by atoms with E-state index in [1.807, 2.05) is 13.0 Å². The summed E-state index contributed by atoms with van der Waals surface area (Å²) in [6.07, 6.45) is 2.43. The first-order valence-corrected chi connectivity index (χ1v) is 6.61. The summed E-state index contributed by atoms with van der Waals surface area (Å²) in [7, 11) is 0. The van der Waals surface area contributed by atoms with Crippen molar-refractivity contribution in [3.63, 3.8) is 0 Å². The first-order valence-electron chi connectivity index (χ1n) is 6.61. The number of anilines is 1. The summed E-state index contributed by atoms with van der Waals surface area (Å²) in [4.78, 5) is 10.5. The molecule has 7 nitrogen and oxygen atoms in total. The Morgan fingerprint density at radius 3 is 2.90 bits per heavy atom. The number of benzene rings is 1. The lowest BCUT2D eigenvalue weighted by atomic mass is 10.2. The van der Waals surface area contributed by atoms with Gasteiger partial charge < -0.3 is 10.1 Å². The lowest BCUT2D eigenvalue weighted by Gasteiger charge is -2.09. The van der Waals surface area contributed by atoms with Gasteiger partial charge in [-0.3, -0.25) is 10.1 Å². The Labute approximate surface area is 122 Å². The van der Waals surface area contributed by atoms with Crippen LogP contribution < -0.4 is 10.1 Å². The quantitative estimate of drug-likeness (QED) is 0.622. The molecule has 0 bridgehead atoms. The Morgan fingerprint density at radius 2 is 2.24 bits per heavy atom. The van der Waals surface area contributed by atoms with Crippen LogP contribution in [0.1, 0.15) is 19.0 Å². The van der Waals surface area contributed by atoms with Crippen LogP contribution in [0.5, 0.6) is 5.75 Å². The lowest BCUT2D eigenvalue weighted by Crippen LogP contribution is -2.04. The Kier molecular flexibility index (Phi) is 5.03. The number of hydrogen-bond acceptors (Lipinski definition) is 6. The van der Waals surface area contributed by atoms with Gasteiger partial charge in [-0.1, -0.05) is 6.92 Å². The van der Waals surface area contributed by atoms with E-state index >= 15 is 0 Å². The SMILES string of the molecule is CCCOc1cc(NCc2cccnn2)cc([N+](=O)[O-])c1. The maximum absolute atomic E-state index is 11.0. The van der Waals surface area contributed by atoms with Gasteiger partial charge in [0.15, 0.2) is 0 Å². The molecule has 2 rings (SSSR count). The summed E-state index contributed by atoms with van der Waals surface area (Å²) in [6.45, 7) is 2.93. The van der Waals surface area contributed by atoms with Crippen molar-refractivity contribution >= 4 is 11.4 Å². The summed E-state index contributed by atoms with van der Waals surface area (Å²) in [5.74, 6) is 0.479. The van der Waals surface area contributed by atoms with Gasteiger partial charge in [-0.2, -0.15) is 10.2 Å². The number of ether oxygens (including phenoxy) is 1. The van der Waals surface area contributed by atoms with Crippen LogP contribution in [0, 0.1) is 10.1 Å². The van der Waals surface area contributed by atoms with Gasteiger partial charge in [-0.05, 0) is 18.6 Å². The Morgan fingerprint density at radius 1 is 1.38 bits per heavy atom. The molecule has 1 heterocycles. The third kappa shape index (κ3) is 4.41. The van der Waals surface area contributed by atoms with E-state index in [0.717, 1.165) is 12.1 Å². The van der Waals surface area contributed by atoms with Gasteiger partial charge in [-0.15, -0.1) is 0 Å². The van der Waals surface area contributed by atoms with Crippen LogP contribution in [-0.4, -0.2) is 21.7 Å². The van der Waals surface area contributed by atoms with Gasteiger partial charge >= 0.3 is 0 Å². The molecule has 7 heteroatoms. The number of nitro benzene ring substituents is 1. The topological polar surface area (TPSA) is 90.2 Å². The highest BCUT2D eigenvalue weighted by atomic mass is 16.6. The predicted molar refractivity (Wildman–Crippen MR) is 78.2 cm³/mol. The van der Waals surface area contributed by atoms with Crippen LogP contribution in [-0.2, 0) is 6.54 Å². The van der Waals surface area contributed by atoms with E-state index < -0.39 is 4.92 Å². The summed E-state index contributed by atoms with van der Waals surface area (Å²) in [6, 6.07) is 8.23. The Bertz CT molecular complexity index is 604. The van der Waals surface area contributed by atoms with E-state index in [0.29, 0.717) is 24.6 Å². The largest absolute Gasteiger partial charge is 0.493 e. The van der Waals surface area contributed by atoms with E-state index in [2.05, 4.69) is 15.5 Å². The molecule has 0 amide bonds. The highest BCUT2D eigenvalue weighted by Gasteiger charge is 2.10. The normalized spacial score (nSPS) is 10.1. The molecule has 0 aliphatic heterocycles. The fourth-order valence-corrected chi connectivity index (χ4v) is 1.71. The van der Waals surface area contributed by atoms with E-state index in [1.165, 1.54) is 12.1 Å². The molecule has 110 valence electrons. The van der Waals surface area contributed by atoms with Gasteiger partial charge in [0.2, 0.25) is 0 Å². The van der Waals surface area contributed by atoms with Crippen LogP contribution in [0.3, 0.4) is 0 Å². The molecule has 1 aromatic carbocycles. The third-order valence-corrected chi connectivity index (χ3v) is 2.68. The van der Waals surface area contributed by atoms with E-state index in [-0.39, 0.29) is 5.69 Å². The molecular weight excluding hydrogens is 272 g/mol. The molecule has 0 saturated carbocycles. The zero-order valence-corrected chi connectivity index (χ0v) is 11.7. The van der Waals surface area contributed by atoms with Crippen molar-refractivity contribution in [2.45, 2.75) is 19.9 Å². The fourth-order valence-electron chi connectivity index (χ4n) is 1.71. The van der Waals surface area contributed by atoms with Crippen molar-refractivity contribution in [3.8, 4) is 5.75 Å². The average Bonchev–Trinajstić information content (AvgIpc) is 2.51. The van der Waals surface area contributed by atoms with Gasteiger partial charge in [0, 0.05) is 24.0 Å². The number of hydrogen-bond donors (Lipinski definition) is 1. The minimum Gasteiger partial charge on any atom is -0.493 e. The molecule has 0 aliphatic rings. The molecule has 1 aromatic heterocycles. The fraction of sp³-hybridized carbons (Fsp3) is 0.286. The Hall–Kier alpha value is -2.70. The molecule has 0 atom stereocenters. The highest BCUT2D eigenvalue weighted by Crippen LogP contribution is 2.26. The van der Waals surface area contributed by atoms with Crippen molar-refractivity contribution < 1.29 is 9.66 Å².